The van der Waals surface area contributed by atoms with E-state index in [1.165, 1.54) is 0 Å². The van der Waals surface area contributed by atoms with Gasteiger partial charge in [0.25, 0.3) is 5.91 Å². The Hall–Kier alpha value is -2.85. The van der Waals surface area contributed by atoms with E-state index in [9.17, 15) is 4.79 Å². The highest BCUT2D eigenvalue weighted by Crippen LogP contribution is 2.21. The summed E-state index contributed by atoms with van der Waals surface area (Å²) in [5.41, 5.74) is 3.70. The van der Waals surface area contributed by atoms with Gasteiger partial charge in [-0.05, 0) is 55.0 Å². The van der Waals surface area contributed by atoms with E-state index >= 15 is 0 Å². The lowest BCUT2D eigenvalue weighted by atomic mass is 10.2. The van der Waals surface area contributed by atoms with E-state index in [0.29, 0.717) is 16.4 Å². The molecule has 0 bridgehead atoms. The number of aryl methyl sites for hydroxylation is 1. The van der Waals surface area contributed by atoms with Gasteiger partial charge in [0.1, 0.15) is 5.69 Å². The van der Waals surface area contributed by atoms with Crippen LogP contribution < -0.4 is 10.6 Å². The van der Waals surface area contributed by atoms with Crippen LogP contribution in [0.3, 0.4) is 0 Å². The van der Waals surface area contributed by atoms with E-state index in [1.807, 2.05) is 43.3 Å². The highest BCUT2D eigenvalue weighted by Gasteiger charge is 2.10. The molecular weight excluding hydrogens is 322 g/mol. The zero-order valence-corrected chi connectivity index (χ0v) is 13.8. The SMILES string of the molecule is Cc1cc(Cl)ccc1NC(=O)c1cc(Nc2ccccc2)ccn1. The topological polar surface area (TPSA) is 54.0 Å². The zero-order valence-electron chi connectivity index (χ0n) is 13.1. The highest BCUT2D eigenvalue weighted by molar-refractivity contribution is 6.30. The number of para-hydroxylation sites is 1. The predicted octanol–water partition coefficient (Wildman–Crippen LogP) is 5.04. The number of carbonyl (C=O) groups excluding carboxylic acids is 1. The van der Waals surface area contributed by atoms with Crippen LogP contribution in [0.2, 0.25) is 5.02 Å². The number of hydrogen-bond donors (Lipinski definition) is 2. The minimum atomic E-state index is -0.267. The van der Waals surface area contributed by atoms with Gasteiger partial charge >= 0.3 is 0 Å². The average Bonchev–Trinajstić information content (AvgIpc) is 2.58. The molecule has 1 amide bonds. The number of nitrogens with zero attached hydrogens (tertiary/aromatic N) is 1. The maximum atomic E-state index is 12.4. The van der Waals surface area contributed by atoms with E-state index in [0.717, 1.165) is 16.9 Å². The third kappa shape index (κ3) is 3.91. The summed E-state index contributed by atoms with van der Waals surface area (Å²) in [6, 6.07) is 18.6. The van der Waals surface area contributed by atoms with Gasteiger partial charge in [0.2, 0.25) is 0 Å². The zero-order chi connectivity index (χ0) is 16.9. The molecule has 3 rings (SSSR count). The first-order chi connectivity index (χ1) is 11.6. The van der Waals surface area contributed by atoms with E-state index in [-0.39, 0.29) is 5.91 Å². The van der Waals surface area contributed by atoms with Gasteiger partial charge < -0.3 is 10.6 Å². The Morgan fingerprint density at radius 3 is 2.54 bits per heavy atom. The first-order valence-corrected chi connectivity index (χ1v) is 7.85. The summed E-state index contributed by atoms with van der Waals surface area (Å²) in [6.45, 7) is 1.89. The molecule has 4 nitrogen and oxygen atoms in total. The molecule has 0 radical (unpaired) electrons. The standard InChI is InChI=1S/C19H16ClN3O/c1-13-11-14(20)7-8-17(13)23-19(24)18-12-16(9-10-21-18)22-15-5-3-2-4-6-15/h2-12H,1H3,(H,21,22)(H,23,24). The fourth-order valence-electron chi connectivity index (χ4n) is 2.27. The summed E-state index contributed by atoms with van der Waals surface area (Å²) in [6.07, 6.45) is 1.61. The van der Waals surface area contributed by atoms with Crippen molar-refractivity contribution < 1.29 is 4.79 Å². The van der Waals surface area contributed by atoms with Crippen molar-refractivity contribution in [2.24, 2.45) is 0 Å². The molecule has 120 valence electrons. The normalized spacial score (nSPS) is 10.2. The van der Waals surface area contributed by atoms with Gasteiger partial charge in [0, 0.05) is 28.3 Å². The van der Waals surface area contributed by atoms with Crippen LogP contribution in [0.1, 0.15) is 16.1 Å². The van der Waals surface area contributed by atoms with Gasteiger partial charge in [0.15, 0.2) is 0 Å². The van der Waals surface area contributed by atoms with Crippen LogP contribution in [0.4, 0.5) is 17.1 Å². The second kappa shape index (κ2) is 7.15. The van der Waals surface area contributed by atoms with Gasteiger partial charge in [0.05, 0.1) is 0 Å². The maximum Gasteiger partial charge on any atom is 0.274 e. The van der Waals surface area contributed by atoms with Crippen LogP contribution in [0.15, 0.2) is 66.9 Å². The molecular formula is C19H16ClN3O. The number of rotatable bonds is 4. The summed E-state index contributed by atoms with van der Waals surface area (Å²) in [7, 11) is 0. The molecule has 0 aliphatic carbocycles. The summed E-state index contributed by atoms with van der Waals surface area (Å²) in [4.78, 5) is 16.6. The molecule has 0 aliphatic rings. The Labute approximate surface area is 145 Å². The molecule has 2 N–H and O–H groups in total. The molecule has 0 aliphatic heterocycles. The predicted molar refractivity (Wildman–Crippen MR) is 98.1 cm³/mol. The van der Waals surface area contributed by atoms with E-state index in [2.05, 4.69) is 15.6 Å². The van der Waals surface area contributed by atoms with Crippen molar-refractivity contribution in [3.63, 3.8) is 0 Å². The van der Waals surface area contributed by atoms with Gasteiger partial charge in [-0.15, -0.1) is 0 Å². The second-order valence-corrected chi connectivity index (χ2v) is 5.77. The number of nitrogens with one attached hydrogen (secondary N) is 2. The number of anilines is 3. The molecule has 3 aromatic rings. The first-order valence-electron chi connectivity index (χ1n) is 7.47. The first kappa shape index (κ1) is 16.0. The molecule has 5 heteroatoms. The van der Waals surface area contributed by atoms with Crippen LogP contribution in [0.5, 0.6) is 0 Å². The average molecular weight is 338 g/mol. The summed E-state index contributed by atoms with van der Waals surface area (Å²) in [5, 5.41) is 6.74. The largest absolute Gasteiger partial charge is 0.355 e. The third-order valence-corrected chi connectivity index (χ3v) is 3.73. The second-order valence-electron chi connectivity index (χ2n) is 5.33. The van der Waals surface area contributed by atoms with Crippen molar-refractivity contribution in [3.8, 4) is 0 Å². The molecule has 1 heterocycles. The van der Waals surface area contributed by atoms with Crippen LogP contribution >= 0.6 is 11.6 Å². The minimum Gasteiger partial charge on any atom is -0.355 e. The fourth-order valence-corrected chi connectivity index (χ4v) is 2.50. The highest BCUT2D eigenvalue weighted by atomic mass is 35.5. The van der Waals surface area contributed by atoms with Crippen LogP contribution in [-0.4, -0.2) is 10.9 Å². The van der Waals surface area contributed by atoms with Crippen molar-refractivity contribution in [1.29, 1.82) is 0 Å². The minimum absolute atomic E-state index is 0.267. The van der Waals surface area contributed by atoms with E-state index in [1.54, 1.807) is 30.5 Å². The van der Waals surface area contributed by atoms with E-state index < -0.39 is 0 Å². The van der Waals surface area contributed by atoms with Crippen molar-refractivity contribution in [2.75, 3.05) is 10.6 Å². The van der Waals surface area contributed by atoms with Crippen molar-refractivity contribution >= 4 is 34.6 Å². The Morgan fingerprint density at radius 2 is 1.79 bits per heavy atom. The van der Waals surface area contributed by atoms with Crippen LogP contribution in [0, 0.1) is 6.92 Å². The van der Waals surface area contributed by atoms with Crippen LogP contribution in [-0.2, 0) is 0 Å². The van der Waals surface area contributed by atoms with Gasteiger partial charge in [-0.2, -0.15) is 0 Å². The smallest absolute Gasteiger partial charge is 0.274 e. The van der Waals surface area contributed by atoms with Crippen LogP contribution in [0.25, 0.3) is 0 Å². The quantitative estimate of drug-likeness (QED) is 0.701. The molecule has 0 saturated carbocycles. The van der Waals surface area contributed by atoms with Crippen molar-refractivity contribution in [1.82, 2.24) is 4.98 Å². The number of carbonyl (C=O) groups is 1. The Kier molecular flexibility index (Phi) is 4.77. The van der Waals surface area contributed by atoms with E-state index in [4.69, 9.17) is 11.6 Å². The molecule has 1 aromatic heterocycles. The Bertz CT molecular complexity index is 865. The number of pyridine rings is 1. The lowest BCUT2D eigenvalue weighted by molar-refractivity contribution is 0.102. The number of amides is 1. The molecule has 0 unspecified atom stereocenters. The van der Waals surface area contributed by atoms with Crippen molar-refractivity contribution in [3.05, 3.63) is 83.1 Å². The fraction of sp³-hybridized carbons (Fsp3) is 0.0526. The molecule has 2 aromatic carbocycles. The summed E-state index contributed by atoms with van der Waals surface area (Å²) >= 11 is 5.93. The molecule has 0 fully saturated rings. The third-order valence-electron chi connectivity index (χ3n) is 3.49. The van der Waals surface area contributed by atoms with Crippen molar-refractivity contribution in [2.45, 2.75) is 6.92 Å². The number of halogens is 1. The lowest BCUT2D eigenvalue weighted by Crippen LogP contribution is -2.14. The maximum absolute atomic E-state index is 12.4. The molecule has 24 heavy (non-hydrogen) atoms. The van der Waals surface area contributed by atoms with Gasteiger partial charge in [-0.1, -0.05) is 29.8 Å². The lowest BCUT2D eigenvalue weighted by Gasteiger charge is -2.10. The summed E-state index contributed by atoms with van der Waals surface area (Å²) in [5.74, 6) is -0.267. The molecule has 0 spiro atoms. The summed E-state index contributed by atoms with van der Waals surface area (Å²) < 4.78 is 0. The monoisotopic (exact) mass is 337 g/mol. The Morgan fingerprint density at radius 1 is 1.00 bits per heavy atom. The molecule has 0 atom stereocenters. The molecule has 0 saturated heterocycles. The number of aromatic nitrogens is 1. The number of benzene rings is 2. The Balaban J connectivity index is 1.77. The number of hydrogen-bond acceptors (Lipinski definition) is 3. The van der Waals surface area contributed by atoms with Gasteiger partial charge in [-0.3, -0.25) is 9.78 Å². The van der Waals surface area contributed by atoms with Gasteiger partial charge in [-0.25, -0.2) is 0 Å².